The van der Waals surface area contributed by atoms with E-state index in [2.05, 4.69) is 5.32 Å². The summed E-state index contributed by atoms with van der Waals surface area (Å²) in [5.74, 6) is -2.57. The van der Waals surface area contributed by atoms with Gasteiger partial charge in [-0.1, -0.05) is 6.07 Å². The van der Waals surface area contributed by atoms with Crippen LogP contribution in [0.15, 0.2) is 71.3 Å². The minimum atomic E-state index is -4.55. The number of esters is 2. The number of amides is 1. The fraction of sp³-hybridized carbons (Fsp3) is 0.167. The van der Waals surface area contributed by atoms with Crippen LogP contribution in [-0.2, 0) is 20.5 Å². The highest BCUT2D eigenvalue weighted by molar-refractivity contribution is 5.98. The zero-order chi connectivity index (χ0) is 25.4. The topological polar surface area (TPSA) is 112 Å². The van der Waals surface area contributed by atoms with Crippen LogP contribution in [-0.4, -0.2) is 30.2 Å². The summed E-state index contributed by atoms with van der Waals surface area (Å²) in [6.07, 6.45) is -3.96. The van der Waals surface area contributed by atoms with Crippen LogP contribution in [0.25, 0.3) is 0 Å². The molecule has 3 rings (SSSR count). The standard InChI is InChI=1S/C24H18F3NO7/c25-24(26,27)16-3-1-4-17(13-16)28-21(30)10-11-22(31)34-14-19(29)15-6-8-18(9-7-15)35-23(32)20-5-2-12-33-20/h1-9,12-13H,10-11,14H2,(H,28,30). The Morgan fingerprint density at radius 1 is 0.914 bits per heavy atom. The molecule has 0 aliphatic carbocycles. The maximum atomic E-state index is 12.7. The Morgan fingerprint density at radius 2 is 1.66 bits per heavy atom. The molecule has 0 atom stereocenters. The molecule has 35 heavy (non-hydrogen) atoms. The number of ether oxygens (including phenoxy) is 2. The average Bonchev–Trinajstić information content (AvgIpc) is 3.37. The van der Waals surface area contributed by atoms with Gasteiger partial charge in [-0.3, -0.25) is 14.4 Å². The number of Topliss-reactive ketones (excluding diaryl/α,β-unsaturated/α-hetero) is 1. The molecule has 0 fully saturated rings. The van der Waals surface area contributed by atoms with Gasteiger partial charge >= 0.3 is 18.1 Å². The first kappa shape index (κ1) is 25.2. The van der Waals surface area contributed by atoms with Crippen LogP contribution in [0.4, 0.5) is 18.9 Å². The van der Waals surface area contributed by atoms with Crippen molar-refractivity contribution in [1.82, 2.24) is 0 Å². The molecule has 0 saturated heterocycles. The third-order valence-corrected chi connectivity index (χ3v) is 4.50. The molecule has 0 spiro atoms. The van der Waals surface area contributed by atoms with Gasteiger partial charge in [-0.05, 0) is 54.6 Å². The number of hydrogen-bond acceptors (Lipinski definition) is 7. The van der Waals surface area contributed by atoms with E-state index in [0.717, 1.165) is 18.2 Å². The predicted molar refractivity (Wildman–Crippen MR) is 115 cm³/mol. The summed E-state index contributed by atoms with van der Waals surface area (Å²) in [5.41, 5.74) is -0.790. The Balaban J connectivity index is 1.41. The van der Waals surface area contributed by atoms with Gasteiger partial charge in [0, 0.05) is 17.7 Å². The third-order valence-electron chi connectivity index (χ3n) is 4.50. The van der Waals surface area contributed by atoms with Crippen molar-refractivity contribution in [1.29, 1.82) is 0 Å². The Kier molecular flexibility index (Phi) is 8.03. The number of benzene rings is 2. The molecule has 11 heteroatoms. The van der Waals surface area contributed by atoms with Crippen LogP contribution in [0, 0.1) is 0 Å². The SMILES string of the molecule is O=C(CCC(=O)OCC(=O)c1ccc(OC(=O)c2ccco2)cc1)Nc1cccc(C(F)(F)F)c1. The average molecular weight is 489 g/mol. The number of ketones is 1. The van der Waals surface area contributed by atoms with E-state index < -0.39 is 42.0 Å². The van der Waals surface area contributed by atoms with E-state index in [0.29, 0.717) is 0 Å². The second-order valence-electron chi connectivity index (χ2n) is 7.10. The second-order valence-corrected chi connectivity index (χ2v) is 7.10. The Labute approximate surface area is 196 Å². The minimum absolute atomic E-state index is 0.0144. The summed E-state index contributed by atoms with van der Waals surface area (Å²) in [6, 6.07) is 12.6. The summed E-state index contributed by atoms with van der Waals surface area (Å²) >= 11 is 0. The Morgan fingerprint density at radius 3 is 2.31 bits per heavy atom. The first-order valence-corrected chi connectivity index (χ1v) is 10.1. The lowest BCUT2D eigenvalue weighted by molar-refractivity contribution is -0.143. The van der Waals surface area contributed by atoms with Crippen LogP contribution in [0.1, 0.15) is 39.3 Å². The number of nitrogens with one attached hydrogen (secondary N) is 1. The molecule has 182 valence electrons. The summed E-state index contributed by atoms with van der Waals surface area (Å²) in [6.45, 7) is -0.584. The van der Waals surface area contributed by atoms with Crippen molar-refractivity contribution in [2.45, 2.75) is 19.0 Å². The molecule has 0 aliphatic heterocycles. The zero-order valence-corrected chi connectivity index (χ0v) is 18.0. The fourth-order valence-corrected chi connectivity index (χ4v) is 2.77. The molecule has 0 bridgehead atoms. The molecule has 3 aromatic rings. The smallest absolute Gasteiger partial charge is 0.416 e. The van der Waals surface area contributed by atoms with Crippen LogP contribution in [0.3, 0.4) is 0 Å². The van der Waals surface area contributed by atoms with Crippen molar-refractivity contribution in [2.75, 3.05) is 11.9 Å². The van der Waals surface area contributed by atoms with Crippen molar-refractivity contribution in [3.8, 4) is 5.75 Å². The van der Waals surface area contributed by atoms with E-state index in [1.54, 1.807) is 0 Å². The zero-order valence-electron chi connectivity index (χ0n) is 18.0. The number of carbonyl (C=O) groups excluding carboxylic acids is 4. The maximum Gasteiger partial charge on any atom is 0.416 e. The van der Waals surface area contributed by atoms with Crippen molar-refractivity contribution in [2.24, 2.45) is 0 Å². The van der Waals surface area contributed by atoms with Gasteiger partial charge in [-0.2, -0.15) is 13.2 Å². The van der Waals surface area contributed by atoms with Crippen molar-refractivity contribution < 1.29 is 46.2 Å². The lowest BCUT2D eigenvalue weighted by atomic mass is 10.1. The van der Waals surface area contributed by atoms with Gasteiger partial charge in [0.2, 0.25) is 11.7 Å². The van der Waals surface area contributed by atoms with Crippen molar-refractivity contribution in [3.63, 3.8) is 0 Å². The van der Waals surface area contributed by atoms with Gasteiger partial charge in [-0.25, -0.2) is 4.79 Å². The van der Waals surface area contributed by atoms with E-state index in [1.165, 1.54) is 48.7 Å². The largest absolute Gasteiger partial charge is 0.457 e. The van der Waals surface area contributed by atoms with Crippen LogP contribution in [0.5, 0.6) is 5.75 Å². The third kappa shape index (κ3) is 7.56. The molecule has 1 N–H and O–H groups in total. The molecular formula is C24H18F3NO7. The highest BCUT2D eigenvalue weighted by Crippen LogP contribution is 2.30. The number of anilines is 1. The molecular weight excluding hydrogens is 471 g/mol. The number of furan rings is 1. The molecule has 8 nitrogen and oxygen atoms in total. The first-order chi connectivity index (χ1) is 16.6. The predicted octanol–water partition coefficient (Wildman–Crippen LogP) is 4.66. The van der Waals surface area contributed by atoms with Crippen LogP contribution < -0.4 is 10.1 Å². The Hall–Kier alpha value is -4.41. The van der Waals surface area contributed by atoms with Crippen molar-refractivity contribution >= 4 is 29.3 Å². The minimum Gasteiger partial charge on any atom is -0.457 e. The van der Waals surface area contributed by atoms with Crippen LogP contribution in [0.2, 0.25) is 0 Å². The monoisotopic (exact) mass is 489 g/mol. The highest BCUT2D eigenvalue weighted by Gasteiger charge is 2.30. The van der Waals surface area contributed by atoms with Gasteiger partial charge in [0.05, 0.1) is 18.2 Å². The Bertz CT molecular complexity index is 1200. The lowest BCUT2D eigenvalue weighted by Crippen LogP contribution is -2.17. The van der Waals surface area contributed by atoms with E-state index in [-0.39, 0.29) is 35.6 Å². The number of halogens is 3. The molecule has 0 unspecified atom stereocenters. The quantitative estimate of drug-likeness (QED) is 0.264. The molecule has 0 saturated carbocycles. The molecule has 2 aromatic carbocycles. The van der Waals surface area contributed by atoms with E-state index in [9.17, 15) is 32.3 Å². The maximum absolute atomic E-state index is 12.7. The molecule has 1 amide bonds. The first-order valence-electron chi connectivity index (χ1n) is 10.1. The molecule has 1 heterocycles. The number of hydrogen-bond donors (Lipinski definition) is 1. The van der Waals surface area contributed by atoms with Crippen LogP contribution >= 0.6 is 0 Å². The fourth-order valence-electron chi connectivity index (χ4n) is 2.77. The summed E-state index contributed by atoms with van der Waals surface area (Å²) < 4.78 is 53.1. The van der Waals surface area contributed by atoms with E-state index in [1.807, 2.05) is 0 Å². The highest BCUT2D eigenvalue weighted by atomic mass is 19.4. The number of rotatable bonds is 9. The summed E-state index contributed by atoms with van der Waals surface area (Å²) in [7, 11) is 0. The molecule has 1 aromatic heterocycles. The molecule has 0 aliphatic rings. The lowest BCUT2D eigenvalue weighted by Gasteiger charge is -2.10. The van der Waals surface area contributed by atoms with E-state index >= 15 is 0 Å². The van der Waals surface area contributed by atoms with Gasteiger partial charge in [0.15, 0.2) is 12.4 Å². The summed E-state index contributed by atoms with van der Waals surface area (Å²) in [4.78, 5) is 47.8. The number of carbonyl (C=O) groups is 4. The molecule has 0 radical (unpaired) electrons. The number of alkyl halides is 3. The van der Waals surface area contributed by atoms with E-state index in [4.69, 9.17) is 13.9 Å². The van der Waals surface area contributed by atoms with Gasteiger partial charge in [-0.15, -0.1) is 0 Å². The normalized spacial score (nSPS) is 10.9. The van der Waals surface area contributed by atoms with Gasteiger partial charge in [0.1, 0.15) is 5.75 Å². The van der Waals surface area contributed by atoms with Gasteiger partial charge < -0.3 is 19.2 Å². The summed E-state index contributed by atoms with van der Waals surface area (Å²) in [5, 5.41) is 2.27. The van der Waals surface area contributed by atoms with Crippen molar-refractivity contribution in [3.05, 3.63) is 83.8 Å². The second kappa shape index (κ2) is 11.1. The van der Waals surface area contributed by atoms with Gasteiger partial charge in [0.25, 0.3) is 0 Å².